The van der Waals surface area contributed by atoms with Crippen molar-refractivity contribution in [2.24, 2.45) is 0 Å². The van der Waals surface area contributed by atoms with E-state index in [4.69, 9.17) is 23.2 Å². The van der Waals surface area contributed by atoms with Gasteiger partial charge in [0.1, 0.15) is 0 Å². The average molecular weight is 373 g/mol. The van der Waals surface area contributed by atoms with Crippen LogP contribution in [0.3, 0.4) is 0 Å². The molecule has 0 bridgehead atoms. The Hall–Kier alpha value is -1.30. The predicted molar refractivity (Wildman–Crippen MR) is 96.7 cm³/mol. The van der Waals surface area contributed by atoms with E-state index in [0.717, 1.165) is 17.7 Å². The van der Waals surface area contributed by atoms with Crippen LogP contribution in [0.25, 0.3) is 0 Å². The molecule has 3 N–H and O–H groups in total. The molecule has 5 nitrogen and oxygen atoms in total. The third kappa shape index (κ3) is 6.30. The molecule has 132 valence electrons. The SMILES string of the molecule is C[NH+](CC(=O)Nc1ccc(Cl)c(Cl)c1)CC(=O)NC1CCCCC1. The van der Waals surface area contributed by atoms with Crippen molar-refractivity contribution >= 4 is 40.7 Å². The molecular weight excluding hydrogens is 349 g/mol. The smallest absolute Gasteiger partial charge is 0.279 e. The lowest BCUT2D eigenvalue weighted by Gasteiger charge is -2.23. The maximum absolute atomic E-state index is 12.1. The molecule has 0 aromatic heterocycles. The Morgan fingerprint density at radius 3 is 2.42 bits per heavy atom. The second-order valence-electron chi connectivity index (χ2n) is 6.39. The summed E-state index contributed by atoms with van der Waals surface area (Å²) in [5, 5.41) is 6.66. The molecule has 0 aliphatic heterocycles. The van der Waals surface area contributed by atoms with Gasteiger partial charge in [-0.15, -0.1) is 0 Å². The summed E-state index contributed by atoms with van der Waals surface area (Å²) < 4.78 is 0. The van der Waals surface area contributed by atoms with Gasteiger partial charge < -0.3 is 15.5 Å². The van der Waals surface area contributed by atoms with E-state index in [0.29, 0.717) is 21.8 Å². The number of rotatable bonds is 6. The van der Waals surface area contributed by atoms with Crippen molar-refractivity contribution in [1.82, 2.24) is 5.32 Å². The van der Waals surface area contributed by atoms with Crippen LogP contribution in [0.2, 0.25) is 10.0 Å². The van der Waals surface area contributed by atoms with Gasteiger partial charge in [0.05, 0.1) is 17.1 Å². The number of nitrogens with one attached hydrogen (secondary N) is 3. The predicted octanol–water partition coefficient (Wildman–Crippen LogP) is 1.90. The molecule has 0 saturated heterocycles. The maximum atomic E-state index is 12.1. The number of hydrogen-bond donors (Lipinski definition) is 3. The van der Waals surface area contributed by atoms with E-state index in [1.165, 1.54) is 19.3 Å². The van der Waals surface area contributed by atoms with Gasteiger partial charge in [0, 0.05) is 11.7 Å². The van der Waals surface area contributed by atoms with E-state index in [1.54, 1.807) is 18.2 Å². The number of halogens is 2. The number of likely N-dealkylation sites (N-methyl/N-ethyl adjacent to an activating group) is 1. The summed E-state index contributed by atoms with van der Waals surface area (Å²) >= 11 is 11.8. The standard InChI is InChI=1S/C17H23Cl2N3O2/c1-22(10-16(23)20-12-5-3-2-4-6-12)11-17(24)21-13-7-8-14(18)15(19)9-13/h7-9,12H,2-6,10-11H2,1H3,(H,20,23)(H,21,24)/p+1. The Morgan fingerprint density at radius 1 is 1.08 bits per heavy atom. The highest BCUT2D eigenvalue weighted by atomic mass is 35.5. The van der Waals surface area contributed by atoms with Crippen LogP contribution in [0, 0.1) is 0 Å². The average Bonchev–Trinajstić information content (AvgIpc) is 2.51. The fourth-order valence-electron chi connectivity index (χ4n) is 2.92. The minimum absolute atomic E-state index is 0.00161. The number of carbonyl (C=O) groups is 2. The zero-order valence-corrected chi connectivity index (χ0v) is 15.3. The van der Waals surface area contributed by atoms with Gasteiger partial charge in [0.25, 0.3) is 11.8 Å². The van der Waals surface area contributed by atoms with Gasteiger partial charge in [-0.05, 0) is 31.0 Å². The van der Waals surface area contributed by atoms with Gasteiger partial charge in [-0.2, -0.15) is 0 Å². The van der Waals surface area contributed by atoms with Crippen LogP contribution in [0.4, 0.5) is 5.69 Å². The minimum atomic E-state index is -0.170. The molecule has 2 amide bonds. The summed E-state index contributed by atoms with van der Waals surface area (Å²) in [5.41, 5.74) is 0.592. The lowest BCUT2D eigenvalue weighted by Crippen LogP contribution is -3.11. The van der Waals surface area contributed by atoms with Crippen LogP contribution in [0.1, 0.15) is 32.1 Å². The van der Waals surface area contributed by atoms with E-state index in [9.17, 15) is 9.59 Å². The second kappa shape index (κ2) is 9.25. The van der Waals surface area contributed by atoms with Gasteiger partial charge >= 0.3 is 0 Å². The molecule has 0 heterocycles. The van der Waals surface area contributed by atoms with Gasteiger partial charge in [0.15, 0.2) is 13.1 Å². The van der Waals surface area contributed by atoms with Crippen LogP contribution in [-0.4, -0.2) is 38.0 Å². The number of benzene rings is 1. The van der Waals surface area contributed by atoms with Crippen molar-refractivity contribution in [3.05, 3.63) is 28.2 Å². The van der Waals surface area contributed by atoms with E-state index in [2.05, 4.69) is 10.6 Å². The summed E-state index contributed by atoms with van der Waals surface area (Å²) in [6.45, 7) is 0.490. The topological polar surface area (TPSA) is 62.6 Å². The Bertz CT molecular complexity index is 589. The molecule has 1 fully saturated rings. The molecule has 2 rings (SSSR count). The molecule has 0 spiro atoms. The molecular formula is C17H24Cl2N3O2+. The number of amides is 2. The molecule has 7 heteroatoms. The van der Waals surface area contributed by atoms with E-state index in [1.807, 2.05) is 7.05 Å². The number of carbonyl (C=O) groups excluding carboxylic acids is 2. The molecule has 1 unspecified atom stereocenters. The van der Waals surface area contributed by atoms with Crippen LogP contribution in [-0.2, 0) is 9.59 Å². The second-order valence-corrected chi connectivity index (χ2v) is 7.20. The molecule has 24 heavy (non-hydrogen) atoms. The highest BCUT2D eigenvalue weighted by molar-refractivity contribution is 6.42. The fourth-order valence-corrected chi connectivity index (χ4v) is 3.21. The summed E-state index contributed by atoms with van der Waals surface area (Å²) in [6.07, 6.45) is 5.73. The highest BCUT2D eigenvalue weighted by Crippen LogP contribution is 2.24. The van der Waals surface area contributed by atoms with Gasteiger partial charge in [-0.1, -0.05) is 42.5 Å². The number of quaternary nitrogens is 1. The third-order valence-corrected chi connectivity index (χ3v) is 4.84. The first-order valence-electron chi connectivity index (χ1n) is 8.29. The van der Waals surface area contributed by atoms with Gasteiger partial charge in [0.2, 0.25) is 0 Å². The zero-order valence-electron chi connectivity index (χ0n) is 13.8. The highest BCUT2D eigenvalue weighted by Gasteiger charge is 2.19. The fraction of sp³-hybridized carbons (Fsp3) is 0.529. The van der Waals surface area contributed by atoms with E-state index in [-0.39, 0.29) is 24.9 Å². The zero-order chi connectivity index (χ0) is 17.5. The van der Waals surface area contributed by atoms with Crippen LogP contribution in [0.15, 0.2) is 18.2 Å². The Labute approximate surface area is 152 Å². The van der Waals surface area contributed by atoms with Crippen molar-refractivity contribution in [1.29, 1.82) is 0 Å². The van der Waals surface area contributed by atoms with E-state index >= 15 is 0 Å². The molecule has 1 aliphatic rings. The quantitative estimate of drug-likeness (QED) is 0.713. The summed E-state index contributed by atoms with van der Waals surface area (Å²) in [5.74, 6) is -0.168. The van der Waals surface area contributed by atoms with E-state index < -0.39 is 0 Å². The summed E-state index contributed by atoms with van der Waals surface area (Å²) in [4.78, 5) is 24.9. The van der Waals surface area contributed by atoms with Crippen molar-refractivity contribution in [2.45, 2.75) is 38.1 Å². The van der Waals surface area contributed by atoms with Crippen LogP contribution in [0.5, 0.6) is 0 Å². The first kappa shape index (κ1) is 19.0. The summed E-state index contributed by atoms with van der Waals surface area (Å²) in [7, 11) is 1.83. The van der Waals surface area contributed by atoms with Crippen molar-refractivity contribution in [2.75, 3.05) is 25.5 Å². The third-order valence-electron chi connectivity index (χ3n) is 4.10. The lowest BCUT2D eigenvalue weighted by atomic mass is 9.95. The Kier molecular flexibility index (Phi) is 7.34. The first-order chi connectivity index (χ1) is 11.4. The number of hydrogen-bond acceptors (Lipinski definition) is 2. The molecule has 1 aromatic rings. The molecule has 1 aliphatic carbocycles. The lowest BCUT2D eigenvalue weighted by molar-refractivity contribution is -0.862. The maximum Gasteiger partial charge on any atom is 0.279 e. The normalized spacial score (nSPS) is 16.5. The monoisotopic (exact) mass is 372 g/mol. The summed E-state index contributed by atoms with van der Waals surface area (Å²) in [6, 6.07) is 5.22. The molecule has 0 radical (unpaired) electrons. The molecule has 1 aromatic carbocycles. The van der Waals surface area contributed by atoms with Gasteiger partial charge in [-0.25, -0.2) is 0 Å². The van der Waals surface area contributed by atoms with Crippen LogP contribution < -0.4 is 15.5 Å². The minimum Gasteiger partial charge on any atom is -0.348 e. The first-order valence-corrected chi connectivity index (χ1v) is 9.05. The number of anilines is 1. The molecule has 1 saturated carbocycles. The largest absolute Gasteiger partial charge is 0.348 e. The van der Waals surface area contributed by atoms with Gasteiger partial charge in [-0.3, -0.25) is 9.59 Å². The van der Waals surface area contributed by atoms with Crippen molar-refractivity contribution in [3.63, 3.8) is 0 Å². The Morgan fingerprint density at radius 2 is 1.75 bits per heavy atom. The van der Waals surface area contributed by atoms with Crippen molar-refractivity contribution < 1.29 is 14.5 Å². The molecule has 1 atom stereocenters. The van der Waals surface area contributed by atoms with Crippen LogP contribution >= 0.6 is 23.2 Å². The van der Waals surface area contributed by atoms with Crippen molar-refractivity contribution in [3.8, 4) is 0 Å². The Balaban J connectivity index is 1.74.